The van der Waals surface area contributed by atoms with Crippen molar-refractivity contribution in [3.63, 3.8) is 0 Å². The van der Waals surface area contributed by atoms with Gasteiger partial charge in [0.1, 0.15) is 11.0 Å². The molecule has 0 unspecified atom stereocenters. The number of halogens is 3. The third-order valence-electron chi connectivity index (χ3n) is 2.83. The van der Waals surface area contributed by atoms with Gasteiger partial charge in [-0.15, -0.1) is 0 Å². The Hall–Kier alpha value is -0.880. The monoisotopic (exact) mass is 387 g/mol. The predicted molar refractivity (Wildman–Crippen MR) is 88.9 cm³/mol. The molecular formula is C13H8BrCl2N3S. The fourth-order valence-corrected chi connectivity index (χ4v) is 3.28. The van der Waals surface area contributed by atoms with Crippen molar-refractivity contribution in [3.8, 4) is 0 Å². The lowest BCUT2D eigenvalue weighted by Gasteiger charge is -2.09. The topological polar surface area (TPSA) is 37.8 Å². The first-order valence-corrected chi connectivity index (χ1v) is 8.01. The molecule has 0 fully saturated rings. The molecule has 0 spiro atoms. The zero-order valence-electron chi connectivity index (χ0n) is 10.0. The summed E-state index contributed by atoms with van der Waals surface area (Å²) in [7, 11) is 0. The van der Waals surface area contributed by atoms with Gasteiger partial charge in [-0.2, -0.15) is 8.75 Å². The minimum Gasteiger partial charge on any atom is -0.378 e. The van der Waals surface area contributed by atoms with Crippen LogP contribution in [0.5, 0.6) is 0 Å². The fraction of sp³-hybridized carbons (Fsp3) is 0.0769. The van der Waals surface area contributed by atoms with Crippen molar-refractivity contribution >= 4 is 67.6 Å². The molecular weight excluding hydrogens is 381 g/mol. The molecule has 3 nitrogen and oxygen atoms in total. The van der Waals surface area contributed by atoms with Crippen LogP contribution in [0, 0.1) is 0 Å². The lowest BCUT2D eigenvalue weighted by Crippen LogP contribution is -2.00. The maximum atomic E-state index is 6.24. The molecule has 0 amide bonds. The second kappa shape index (κ2) is 5.85. The second-order valence-electron chi connectivity index (χ2n) is 4.16. The van der Waals surface area contributed by atoms with E-state index in [4.69, 9.17) is 23.2 Å². The van der Waals surface area contributed by atoms with Crippen LogP contribution >= 0.6 is 50.9 Å². The van der Waals surface area contributed by atoms with E-state index in [1.165, 1.54) is 0 Å². The molecule has 0 saturated carbocycles. The van der Waals surface area contributed by atoms with Crippen LogP contribution in [-0.2, 0) is 6.54 Å². The maximum absolute atomic E-state index is 6.24. The Morgan fingerprint density at radius 1 is 1.05 bits per heavy atom. The Morgan fingerprint density at radius 2 is 1.75 bits per heavy atom. The molecule has 3 aromatic rings. The van der Waals surface area contributed by atoms with Gasteiger partial charge in [0.25, 0.3) is 0 Å². The van der Waals surface area contributed by atoms with Gasteiger partial charge in [-0.3, -0.25) is 0 Å². The van der Waals surface area contributed by atoms with Crippen molar-refractivity contribution < 1.29 is 0 Å². The van der Waals surface area contributed by atoms with Gasteiger partial charge in [0, 0.05) is 11.0 Å². The van der Waals surface area contributed by atoms with E-state index in [9.17, 15) is 0 Å². The van der Waals surface area contributed by atoms with Crippen LogP contribution in [0.4, 0.5) is 5.69 Å². The van der Waals surface area contributed by atoms with Crippen molar-refractivity contribution in [2.24, 2.45) is 0 Å². The van der Waals surface area contributed by atoms with Gasteiger partial charge in [-0.1, -0.05) is 51.3 Å². The van der Waals surface area contributed by atoms with Crippen LogP contribution in [0.2, 0.25) is 10.0 Å². The average Bonchev–Trinajstić information content (AvgIpc) is 2.90. The lowest BCUT2D eigenvalue weighted by atomic mass is 10.2. The molecule has 0 atom stereocenters. The van der Waals surface area contributed by atoms with E-state index in [1.807, 2.05) is 24.3 Å². The number of nitrogens with zero attached hydrogens (tertiary/aromatic N) is 2. The third kappa shape index (κ3) is 2.76. The first-order valence-electron chi connectivity index (χ1n) is 5.74. The molecule has 0 radical (unpaired) electrons. The molecule has 0 bridgehead atoms. The van der Waals surface area contributed by atoms with Crippen LogP contribution in [-0.4, -0.2) is 8.75 Å². The van der Waals surface area contributed by atoms with E-state index in [1.54, 1.807) is 6.07 Å². The predicted octanol–water partition coefficient (Wildman–Crippen LogP) is 5.37. The van der Waals surface area contributed by atoms with Crippen LogP contribution < -0.4 is 5.32 Å². The Morgan fingerprint density at radius 3 is 2.50 bits per heavy atom. The number of hydrogen-bond donors (Lipinski definition) is 1. The van der Waals surface area contributed by atoms with E-state index in [0.717, 1.165) is 27.5 Å². The second-order valence-corrected chi connectivity index (χ2v) is 6.42. The molecule has 20 heavy (non-hydrogen) atoms. The molecule has 1 N–H and O–H groups in total. The van der Waals surface area contributed by atoms with E-state index in [-0.39, 0.29) is 0 Å². The molecule has 1 aromatic heterocycles. The van der Waals surface area contributed by atoms with E-state index >= 15 is 0 Å². The van der Waals surface area contributed by atoms with Crippen molar-refractivity contribution in [2.45, 2.75) is 6.54 Å². The SMILES string of the molecule is Clc1cc(Cl)c2nsnc2c1NCc1ccc(Br)cc1. The van der Waals surface area contributed by atoms with Crippen LogP contribution in [0.3, 0.4) is 0 Å². The average molecular weight is 389 g/mol. The standard InChI is InChI=1S/C13H8BrCl2N3S/c14-8-3-1-7(2-4-8)6-17-11-9(15)5-10(16)12-13(11)19-20-18-12/h1-5,17H,6H2. The minimum atomic E-state index is 0.521. The van der Waals surface area contributed by atoms with E-state index in [2.05, 4.69) is 30.0 Å². The zero-order chi connectivity index (χ0) is 14.1. The van der Waals surface area contributed by atoms with Gasteiger partial charge in [0.05, 0.1) is 27.5 Å². The quantitative estimate of drug-likeness (QED) is 0.655. The highest BCUT2D eigenvalue weighted by atomic mass is 79.9. The highest BCUT2D eigenvalue weighted by Crippen LogP contribution is 2.35. The highest BCUT2D eigenvalue weighted by Gasteiger charge is 2.13. The van der Waals surface area contributed by atoms with Crippen molar-refractivity contribution in [1.29, 1.82) is 0 Å². The van der Waals surface area contributed by atoms with E-state index in [0.29, 0.717) is 27.6 Å². The van der Waals surface area contributed by atoms with Gasteiger partial charge < -0.3 is 5.32 Å². The van der Waals surface area contributed by atoms with Gasteiger partial charge >= 0.3 is 0 Å². The zero-order valence-corrected chi connectivity index (χ0v) is 13.9. The van der Waals surface area contributed by atoms with Crippen LogP contribution in [0.15, 0.2) is 34.8 Å². The van der Waals surface area contributed by atoms with Crippen molar-refractivity contribution in [1.82, 2.24) is 8.75 Å². The Bertz CT molecular complexity index is 758. The number of hydrogen-bond acceptors (Lipinski definition) is 4. The summed E-state index contributed by atoms with van der Waals surface area (Å²) in [4.78, 5) is 0. The summed E-state index contributed by atoms with van der Waals surface area (Å²) in [6.07, 6.45) is 0. The van der Waals surface area contributed by atoms with Gasteiger partial charge in [-0.25, -0.2) is 0 Å². The number of aromatic nitrogens is 2. The molecule has 0 aliphatic heterocycles. The van der Waals surface area contributed by atoms with Crippen LogP contribution in [0.25, 0.3) is 11.0 Å². The molecule has 102 valence electrons. The molecule has 7 heteroatoms. The fourth-order valence-electron chi connectivity index (χ4n) is 1.84. The molecule has 2 aromatic carbocycles. The smallest absolute Gasteiger partial charge is 0.130 e. The summed E-state index contributed by atoms with van der Waals surface area (Å²) in [5.74, 6) is 0. The summed E-state index contributed by atoms with van der Waals surface area (Å²) >= 11 is 16.9. The molecule has 0 saturated heterocycles. The number of nitrogens with one attached hydrogen (secondary N) is 1. The molecule has 1 heterocycles. The largest absolute Gasteiger partial charge is 0.378 e. The third-order valence-corrected chi connectivity index (χ3v) is 4.47. The number of rotatable bonds is 3. The molecule has 0 aliphatic rings. The first kappa shape index (κ1) is 14.1. The Labute approximate surface area is 138 Å². The summed E-state index contributed by atoms with van der Waals surface area (Å²) in [6, 6.07) is 9.77. The Kier molecular flexibility index (Phi) is 4.12. The summed E-state index contributed by atoms with van der Waals surface area (Å²) in [5, 5.41) is 4.37. The van der Waals surface area contributed by atoms with E-state index < -0.39 is 0 Å². The molecule has 0 aliphatic carbocycles. The highest BCUT2D eigenvalue weighted by molar-refractivity contribution is 9.10. The maximum Gasteiger partial charge on any atom is 0.130 e. The van der Waals surface area contributed by atoms with Crippen LogP contribution in [0.1, 0.15) is 5.56 Å². The normalized spacial score (nSPS) is 10.9. The number of benzene rings is 2. The number of fused-ring (bicyclic) bond motifs is 1. The van der Waals surface area contributed by atoms with Crippen molar-refractivity contribution in [2.75, 3.05) is 5.32 Å². The van der Waals surface area contributed by atoms with Gasteiger partial charge in [-0.05, 0) is 23.8 Å². The summed E-state index contributed by atoms with van der Waals surface area (Å²) in [6.45, 7) is 0.654. The summed E-state index contributed by atoms with van der Waals surface area (Å²) in [5.41, 5.74) is 3.31. The summed E-state index contributed by atoms with van der Waals surface area (Å²) < 4.78 is 9.49. The first-order chi connectivity index (χ1) is 9.65. The van der Waals surface area contributed by atoms with Gasteiger partial charge in [0.2, 0.25) is 0 Å². The number of anilines is 1. The Balaban J connectivity index is 1.91. The van der Waals surface area contributed by atoms with Crippen molar-refractivity contribution in [3.05, 3.63) is 50.4 Å². The minimum absolute atomic E-state index is 0.521. The molecule has 3 rings (SSSR count). The lowest BCUT2D eigenvalue weighted by molar-refractivity contribution is 1.15. The van der Waals surface area contributed by atoms with Gasteiger partial charge in [0.15, 0.2) is 0 Å².